The highest BCUT2D eigenvalue weighted by Crippen LogP contribution is 2.48. The third kappa shape index (κ3) is 2.58. The molecule has 2 aliphatic rings. The van der Waals surface area contributed by atoms with Crippen LogP contribution in [0.3, 0.4) is 0 Å². The fraction of sp³-hybridized carbons (Fsp3) is 0.632. The van der Waals surface area contributed by atoms with Crippen LogP contribution in [0.4, 0.5) is 0 Å². The molecule has 2 heterocycles. The quantitative estimate of drug-likeness (QED) is 0.832. The van der Waals surface area contributed by atoms with Crippen LogP contribution in [0.5, 0.6) is 11.5 Å². The average molecular weight is 317 g/mol. The summed E-state index contributed by atoms with van der Waals surface area (Å²) in [6.45, 7) is 3.04. The topological polar surface area (TPSA) is 38.8 Å². The second-order valence-corrected chi connectivity index (χ2v) is 6.65. The third-order valence-electron chi connectivity index (χ3n) is 5.46. The molecule has 1 saturated heterocycles. The number of benzene rings is 1. The molecule has 3 rings (SSSR count). The van der Waals surface area contributed by atoms with Gasteiger partial charge in [-0.25, -0.2) is 0 Å². The first-order chi connectivity index (χ1) is 11.2. The summed E-state index contributed by atoms with van der Waals surface area (Å²) in [5, 5.41) is 0. The van der Waals surface area contributed by atoms with E-state index in [1.807, 2.05) is 0 Å². The van der Waals surface area contributed by atoms with Crippen molar-refractivity contribution in [3.05, 3.63) is 23.3 Å². The lowest BCUT2D eigenvalue weighted by atomic mass is 9.72. The van der Waals surface area contributed by atoms with E-state index in [4.69, 9.17) is 9.47 Å². The predicted molar refractivity (Wildman–Crippen MR) is 90.0 cm³/mol. The van der Waals surface area contributed by atoms with Gasteiger partial charge >= 0.3 is 0 Å². The number of unbranched alkanes of at least 4 members (excludes halogenated alkanes) is 1. The van der Waals surface area contributed by atoms with E-state index in [0.29, 0.717) is 12.3 Å². The van der Waals surface area contributed by atoms with Crippen molar-refractivity contribution >= 4 is 5.91 Å². The Hall–Kier alpha value is -1.71. The van der Waals surface area contributed by atoms with Crippen molar-refractivity contribution in [3.63, 3.8) is 0 Å². The third-order valence-corrected chi connectivity index (χ3v) is 5.46. The van der Waals surface area contributed by atoms with E-state index < -0.39 is 0 Å². The lowest BCUT2D eigenvalue weighted by molar-refractivity contribution is -0.144. The summed E-state index contributed by atoms with van der Waals surface area (Å²) >= 11 is 0. The van der Waals surface area contributed by atoms with Crippen LogP contribution in [0.2, 0.25) is 0 Å². The fourth-order valence-corrected chi connectivity index (χ4v) is 4.32. The summed E-state index contributed by atoms with van der Waals surface area (Å²) in [5.74, 6) is 1.86. The number of methoxy groups -OCH3 is 2. The molecule has 1 fully saturated rings. The monoisotopic (exact) mass is 317 g/mol. The molecule has 0 bridgehead atoms. The van der Waals surface area contributed by atoms with Crippen LogP contribution >= 0.6 is 0 Å². The Bertz CT molecular complexity index is 599. The number of ether oxygens (including phenoxy) is 2. The molecule has 0 saturated carbocycles. The minimum atomic E-state index is -0.140. The molecule has 23 heavy (non-hydrogen) atoms. The minimum absolute atomic E-state index is 0.140. The maximum Gasteiger partial charge on any atom is 0.223 e. The smallest absolute Gasteiger partial charge is 0.223 e. The van der Waals surface area contributed by atoms with Crippen LogP contribution in [-0.4, -0.2) is 31.6 Å². The molecular weight excluding hydrogens is 290 g/mol. The number of hydrogen-bond donors (Lipinski definition) is 0. The molecule has 1 aromatic rings. The summed E-state index contributed by atoms with van der Waals surface area (Å²) in [6.07, 6.45) is 6.95. The van der Waals surface area contributed by atoms with E-state index in [2.05, 4.69) is 24.0 Å². The highest BCUT2D eigenvalue weighted by atomic mass is 16.5. The van der Waals surface area contributed by atoms with E-state index in [9.17, 15) is 4.79 Å². The standard InChI is InChI=1S/C19H27NO3/c1-4-5-9-19-10-6-7-18(21)20(19)11-8-14-12-16(22-2)17(23-3)13-15(14)19/h12-13H,4-11H2,1-3H3. The molecule has 0 aromatic heterocycles. The molecule has 1 unspecified atom stereocenters. The molecule has 126 valence electrons. The zero-order chi connectivity index (χ0) is 16.4. The predicted octanol–water partition coefficient (Wildman–Crippen LogP) is 3.66. The maximum absolute atomic E-state index is 12.6. The Balaban J connectivity index is 2.13. The van der Waals surface area contributed by atoms with Crippen LogP contribution in [0, 0.1) is 0 Å². The van der Waals surface area contributed by atoms with Gasteiger partial charge in [0.1, 0.15) is 0 Å². The molecule has 0 aliphatic carbocycles. The number of carbonyl (C=O) groups is 1. The number of rotatable bonds is 5. The summed E-state index contributed by atoms with van der Waals surface area (Å²) in [5.41, 5.74) is 2.45. The summed E-state index contributed by atoms with van der Waals surface area (Å²) in [7, 11) is 3.35. The van der Waals surface area contributed by atoms with E-state index in [1.54, 1.807) is 14.2 Å². The molecule has 4 nitrogen and oxygen atoms in total. The lowest BCUT2D eigenvalue weighted by Crippen LogP contribution is -2.55. The second-order valence-electron chi connectivity index (χ2n) is 6.65. The first kappa shape index (κ1) is 16.2. The van der Waals surface area contributed by atoms with Gasteiger partial charge < -0.3 is 14.4 Å². The van der Waals surface area contributed by atoms with Crippen molar-refractivity contribution in [2.75, 3.05) is 20.8 Å². The Morgan fingerprint density at radius 2 is 1.91 bits per heavy atom. The van der Waals surface area contributed by atoms with Crippen molar-refractivity contribution in [2.24, 2.45) is 0 Å². The van der Waals surface area contributed by atoms with Crippen LogP contribution < -0.4 is 9.47 Å². The summed E-state index contributed by atoms with van der Waals surface area (Å²) < 4.78 is 11.0. The van der Waals surface area contributed by atoms with Crippen LogP contribution in [-0.2, 0) is 16.8 Å². The number of carbonyl (C=O) groups excluding carboxylic acids is 1. The molecule has 1 aromatic carbocycles. The highest BCUT2D eigenvalue weighted by molar-refractivity contribution is 5.79. The normalized spacial score (nSPS) is 23.3. The first-order valence-electron chi connectivity index (χ1n) is 8.72. The Kier molecular flexibility index (Phi) is 4.51. The van der Waals surface area contributed by atoms with Gasteiger partial charge in [0.15, 0.2) is 11.5 Å². The van der Waals surface area contributed by atoms with Gasteiger partial charge in [0.2, 0.25) is 5.91 Å². The molecule has 1 amide bonds. The first-order valence-corrected chi connectivity index (χ1v) is 8.72. The van der Waals surface area contributed by atoms with Crippen molar-refractivity contribution in [3.8, 4) is 11.5 Å². The van der Waals surface area contributed by atoms with E-state index in [0.717, 1.165) is 56.6 Å². The molecule has 1 atom stereocenters. The number of amides is 1. The van der Waals surface area contributed by atoms with Gasteiger partial charge in [0, 0.05) is 13.0 Å². The van der Waals surface area contributed by atoms with Gasteiger partial charge in [-0.3, -0.25) is 4.79 Å². The molecule has 0 radical (unpaired) electrons. The van der Waals surface area contributed by atoms with Crippen molar-refractivity contribution in [1.82, 2.24) is 4.90 Å². The molecule has 0 spiro atoms. The van der Waals surface area contributed by atoms with E-state index >= 15 is 0 Å². The van der Waals surface area contributed by atoms with Gasteiger partial charge in [-0.1, -0.05) is 19.8 Å². The fourth-order valence-electron chi connectivity index (χ4n) is 4.32. The van der Waals surface area contributed by atoms with Gasteiger partial charge in [-0.15, -0.1) is 0 Å². The van der Waals surface area contributed by atoms with E-state index in [1.165, 1.54) is 11.1 Å². The molecule has 4 heteroatoms. The number of fused-ring (bicyclic) bond motifs is 3. The van der Waals surface area contributed by atoms with Crippen molar-refractivity contribution in [1.29, 1.82) is 0 Å². The lowest BCUT2D eigenvalue weighted by Gasteiger charge is -2.51. The molecular formula is C19H27NO3. The molecule has 0 N–H and O–H groups in total. The van der Waals surface area contributed by atoms with Gasteiger partial charge in [0.05, 0.1) is 19.8 Å². The zero-order valence-electron chi connectivity index (χ0n) is 14.5. The Morgan fingerprint density at radius 3 is 2.61 bits per heavy atom. The summed E-state index contributed by atoms with van der Waals surface area (Å²) in [6, 6.07) is 4.23. The number of nitrogens with zero attached hydrogens (tertiary/aromatic N) is 1. The van der Waals surface area contributed by atoms with E-state index in [-0.39, 0.29) is 5.54 Å². The van der Waals surface area contributed by atoms with Crippen LogP contribution in [0.25, 0.3) is 0 Å². The maximum atomic E-state index is 12.6. The number of piperidine rings is 1. The van der Waals surface area contributed by atoms with Gasteiger partial charge in [-0.2, -0.15) is 0 Å². The minimum Gasteiger partial charge on any atom is -0.493 e. The largest absolute Gasteiger partial charge is 0.493 e. The van der Waals surface area contributed by atoms with Crippen LogP contribution in [0.15, 0.2) is 12.1 Å². The SMILES string of the molecule is CCCCC12CCCC(=O)N1CCc1cc(OC)c(OC)cc12. The summed E-state index contributed by atoms with van der Waals surface area (Å²) in [4.78, 5) is 14.7. The molecule has 2 aliphatic heterocycles. The van der Waals surface area contributed by atoms with Crippen molar-refractivity contribution in [2.45, 2.75) is 57.4 Å². The average Bonchev–Trinajstić information content (AvgIpc) is 2.58. The second kappa shape index (κ2) is 6.42. The highest BCUT2D eigenvalue weighted by Gasteiger charge is 2.46. The van der Waals surface area contributed by atoms with Crippen LogP contribution in [0.1, 0.15) is 56.6 Å². The van der Waals surface area contributed by atoms with Gasteiger partial charge in [-0.05, 0) is 48.9 Å². The van der Waals surface area contributed by atoms with Gasteiger partial charge in [0.25, 0.3) is 0 Å². The van der Waals surface area contributed by atoms with Crippen molar-refractivity contribution < 1.29 is 14.3 Å². The number of hydrogen-bond acceptors (Lipinski definition) is 3. The zero-order valence-corrected chi connectivity index (χ0v) is 14.5. The Labute approximate surface area is 138 Å². The Morgan fingerprint density at radius 1 is 1.17 bits per heavy atom.